The van der Waals surface area contributed by atoms with E-state index < -0.39 is 10.0 Å². The number of sulfonamides is 1. The molecule has 1 saturated heterocycles. The van der Waals surface area contributed by atoms with Gasteiger partial charge in [0.15, 0.2) is 0 Å². The van der Waals surface area contributed by atoms with Gasteiger partial charge in [0, 0.05) is 32.7 Å². The van der Waals surface area contributed by atoms with E-state index in [0.29, 0.717) is 12.2 Å². The first-order valence-electron chi connectivity index (χ1n) is 7.96. The maximum Gasteiger partial charge on any atom is 0.242 e. The Morgan fingerprint density at radius 1 is 1.17 bits per heavy atom. The predicted octanol–water partition coefficient (Wildman–Crippen LogP) is 1.75. The summed E-state index contributed by atoms with van der Waals surface area (Å²) in [6, 6.07) is 6.26. The standard InChI is InChI=1S/C16H25N3O3S/c1-14(20)17-15-6-8-16(9-7-15)23(21,22)18(2)12-13-19-10-4-3-5-11-19/h6-9H,3-5,10-13H2,1-2H3,(H,17,20). The fourth-order valence-corrected chi connectivity index (χ4v) is 3.84. The van der Waals surface area contributed by atoms with Crippen LogP contribution in [0.25, 0.3) is 0 Å². The minimum absolute atomic E-state index is 0.181. The van der Waals surface area contributed by atoms with E-state index in [0.717, 1.165) is 19.6 Å². The normalized spacial score (nSPS) is 16.5. The van der Waals surface area contributed by atoms with E-state index in [9.17, 15) is 13.2 Å². The molecule has 0 aromatic heterocycles. The zero-order valence-electron chi connectivity index (χ0n) is 13.8. The summed E-state index contributed by atoms with van der Waals surface area (Å²) < 4.78 is 26.5. The number of amides is 1. The molecule has 23 heavy (non-hydrogen) atoms. The van der Waals surface area contributed by atoms with Crippen LogP contribution in [0.15, 0.2) is 29.2 Å². The summed E-state index contributed by atoms with van der Waals surface area (Å²) in [6.07, 6.45) is 3.66. The molecule has 0 spiro atoms. The number of piperidine rings is 1. The lowest BCUT2D eigenvalue weighted by molar-refractivity contribution is -0.114. The van der Waals surface area contributed by atoms with Gasteiger partial charge in [-0.2, -0.15) is 4.31 Å². The summed E-state index contributed by atoms with van der Waals surface area (Å²) in [5, 5.41) is 2.63. The second-order valence-corrected chi connectivity index (χ2v) is 7.98. The molecule has 0 aliphatic carbocycles. The molecule has 0 unspecified atom stereocenters. The van der Waals surface area contributed by atoms with E-state index in [1.807, 2.05) is 0 Å². The third-order valence-corrected chi connectivity index (χ3v) is 5.93. The van der Waals surface area contributed by atoms with Gasteiger partial charge in [0.2, 0.25) is 15.9 Å². The van der Waals surface area contributed by atoms with Gasteiger partial charge in [-0.15, -0.1) is 0 Å². The van der Waals surface area contributed by atoms with Crippen LogP contribution in [0.3, 0.4) is 0 Å². The summed E-state index contributed by atoms with van der Waals surface area (Å²) >= 11 is 0. The average Bonchev–Trinajstić information content (AvgIpc) is 2.53. The Morgan fingerprint density at radius 2 is 1.78 bits per heavy atom. The van der Waals surface area contributed by atoms with Crippen molar-refractivity contribution in [1.82, 2.24) is 9.21 Å². The molecule has 1 aromatic rings. The molecule has 1 aliphatic heterocycles. The highest BCUT2D eigenvalue weighted by molar-refractivity contribution is 7.89. The quantitative estimate of drug-likeness (QED) is 0.857. The number of nitrogens with one attached hydrogen (secondary N) is 1. The van der Waals surface area contributed by atoms with E-state index in [1.54, 1.807) is 19.2 Å². The lowest BCUT2D eigenvalue weighted by atomic mass is 10.1. The topological polar surface area (TPSA) is 69.7 Å². The van der Waals surface area contributed by atoms with Crippen LogP contribution >= 0.6 is 0 Å². The maximum atomic E-state index is 12.6. The summed E-state index contributed by atoms with van der Waals surface area (Å²) in [6.45, 7) is 4.77. The van der Waals surface area contributed by atoms with Gasteiger partial charge in [-0.3, -0.25) is 4.79 Å². The molecule has 0 atom stereocenters. The molecule has 0 radical (unpaired) electrons. The molecular weight excluding hydrogens is 314 g/mol. The molecule has 1 aliphatic rings. The van der Waals surface area contributed by atoms with Gasteiger partial charge < -0.3 is 10.2 Å². The summed E-state index contributed by atoms with van der Waals surface area (Å²) in [5.41, 5.74) is 0.590. The van der Waals surface area contributed by atoms with Crippen molar-refractivity contribution in [2.75, 3.05) is 38.5 Å². The third-order valence-electron chi connectivity index (χ3n) is 4.06. The molecule has 2 rings (SSSR count). The van der Waals surface area contributed by atoms with Gasteiger partial charge in [-0.1, -0.05) is 6.42 Å². The van der Waals surface area contributed by atoms with Gasteiger partial charge in [-0.25, -0.2) is 8.42 Å². The van der Waals surface area contributed by atoms with E-state index in [2.05, 4.69) is 10.2 Å². The Kier molecular flexibility index (Phi) is 6.15. The Balaban J connectivity index is 1.97. The van der Waals surface area contributed by atoms with Crippen molar-refractivity contribution in [3.63, 3.8) is 0 Å². The molecule has 0 bridgehead atoms. The molecule has 1 aromatic carbocycles. The fraction of sp³-hybridized carbons (Fsp3) is 0.562. The lowest BCUT2D eigenvalue weighted by Gasteiger charge is -2.28. The van der Waals surface area contributed by atoms with Gasteiger partial charge in [-0.05, 0) is 50.2 Å². The van der Waals surface area contributed by atoms with Crippen LogP contribution < -0.4 is 5.32 Å². The molecular formula is C16H25N3O3S. The Labute approximate surface area is 138 Å². The highest BCUT2D eigenvalue weighted by atomic mass is 32.2. The molecule has 6 nitrogen and oxygen atoms in total. The van der Waals surface area contributed by atoms with Crippen molar-refractivity contribution in [3.05, 3.63) is 24.3 Å². The lowest BCUT2D eigenvalue weighted by Crippen LogP contribution is -2.38. The summed E-state index contributed by atoms with van der Waals surface area (Å²) in [5.74, 6) is -0.181. The highest BCUT2D eigenvalue weighted by Crippen LogP contribution is 2.18. The van der Waals surface area contributed by atoms with Crippen LogP contribution in [-0.2, 0) is 14.8 Å². The minimum Gasteiger partial charge on any atom is -0.326 e. The van der Waals surface area contributed by atoms with Crippen LogP contribution in [0.4, 0.5) is 5.69 Å². The van der Waals surface area contributed by atoms with Gasteiger partial charge in [0.25, 0.3) is 0 Å². The zero-order chi connectivity index (χ0) is 16.9. The Morgan fingerprint density at radius 3 is 2.35 bits per heavy atom. The van der Waals surface area contributed by atoms with Crippen LogP contribution in [0, 0.1) is 0 Å². The number of carbonyl (C=O) groups is 1. The van der Waals surface area contributed by atoms with Crippen LogP contribution in [-0.4, -0.2) is 56.8 Å². The number of hydrogen-bond acceptors (Lipinski definition) is 4. The number of hydrogen-bond donors (Lipinski definition) is 1. The van der Waals surface area contributed by atoms with Crippen molar-refractivity contribution >= 4 is 21.6 Å². The molecule has 128 valence electrons. The number of anilines is 1. The maximum absolute atomic E-state index is 12.6. The van der Waals surface area contributed by atoms with Crippen LogP contribution in [0.2, 0.25) is 0 Å². The smallest absolute Gasteiger partial charge is 0.242 e. The molecule has 1 fully saturated rings. The fourth-order valence-electron chi connectivity index (χ4n) is 2.68. The second-order valence-electron chi connectivity index (χ2n) is 5.93. The third kappa shape index (κ3) is 5.02. The second kappa shape index (κ2) is 7.90. The Hall–Kier alpha value is -1.44. The van der Waals surface area contributed by atoms with Crippen molar-refractivity contribution in [3.8, 4) is 0 Å². The minimum atomic E-state index is -3.49. The van der Waals surface area contributed by atoms with Crippen molar-refractivity contribution in [2.24, 2.45) is 0 Å². The molecule has 1 heterocycles. The molecule has 0 saturated carbocycles. The van der Waals surface area contributed by atoms with E-state index in [4.69, 9.17) is 0 Å². The summed E-state index contributed by atoms with van der Waals surface area (Å²) in [7, 11) is -1.88. The van der Waals surface area contributed by atoms with Gasteiger partial charge in [0.1, 0.15) is 0 Å². The SMILES string of the molecule is CC(=O)Nc1ccc(S(=O)(=O)N(C)CCN2CCCCC2)cc1. The number of carbonyl (C=O) groups excluding carboxylic acids is 1. The van der Waals surface area contributed by atoms with E-state index in [-0.39, 0.29) is 10.8 Å². The number of likely N-dealkylation sites (tertiary alicyclic amines) is 1. The summed E-state index contributed by atoms with van der Waals surface area (Å²) in [4.78, 5) is 13.6. The molecule has 1 amide bonds. The van der Waals surface area contributed by atoms with Gasteiger partial charge >= 0.3 is 0 Å². The molecule has 1 N–H and O–H groups in total. The van der Waals surface area contributed by atoms with E-state index >= 15 is 0 Å². The highest BCUT2D eigenvalue weighted by Gasteiger charge is 2.21. The Bertz CT molecular complexity index is 622. The zero-order valence-corrected chi connectivity index (χ0v) is 14.6. The van der Waals surface area contributed by atoms with Crippen LogP contribution in [0.5, 0.6) is 0 Å². The number of rotatable bonds is 6. The number of nitrogens with zero attached hydrogens (tertiary/aromatic N) is 2. The largest absolute Gasteiger partial charge is 0.326 e. The first-order chi connectivity index (χ1) is 10.9. The first-order valence-corrected chi connectivity index (χ1v) is 9.40. The average molecular weight is 339 g/mol. The molecule has 7 heteroatoms. The predicted molar refractivity (Wildman–Crippen MR) is 90.9 cm³/mol. The van der Waals surface area contributed by atoms with Crippen molar-refractivity contribution in [2.45, 2.75) is 31.1 Å². The van der Waals surface area contributed by atoms with Crippen LogP contribution in [0.1, 0.15) is 26.2 Å². The van der Waals surface area contributed by atoms with Crippen molar-refractivity contribution in [1.29, 1.82) is 0 Å². The first kappa shape index (κ1) is 17.9. The van der Waals surface area contributed by atoms with Crippen molar-refractivity contribution < 1.29 is 13.2 Å². The van der Waals surface area contributed by atoms with Gasteiger partial charge in [0.05, 0.1) is 4.90 Å². The number of benzene rings is 1. The number of likely N-dealkylation sites (N-methyl/N-ethyl adjacent to an activating group) is 1. The van der Waals surface area contributed by atoms with E-state index in [1.165, 1.54) is 42.6 Å². The monoisotopic (exact) mass is 339 g/mol.